The van der Waals surface area contributed by atoms with E-state index in [9.17, 15) is 5.11 Å². The maximum atomic E-state index is 9.88. The zero-order valence-corrected chi connectivity index (χ0v) is 14.0. The molecule has 2 aliphatic rings. The molecule has 1 aromatic heterocycles. The topological polar surface area (TPSA) is 47.4 Å². The zero-order valence-electron chi connectivity index (χ0n) is 13.2. The van der Waals surface area contributed by atoms with Crippen molar-refractivity contribution in [2.45, 2.75) is 44.4 Å². The van der Waals surface area contributed by atoms with E-state index in [-0.39, 0.29) is 6.10 Å². The van der Waals surface area contributed by atoms with Crippen LogP contribution in [0.2, 0.25) is 0 Å². The van der Waals surface area contributed by atoms with E-state index in [2.05, 4.69) is 16.7 Å². The molecule has 1 saturated heterocycles. The van der Waals surface area contributed by atoms with Gasteiger partial charge in [0.25, 0.3) is 0 Å². The van der Waals surface area contributed by atoms with Gasteiger partial charge in [-0.2, -0.15) is 9.78 Å². The molecule has 2 atom stereocenters. The molecule has 1 aromatic carbocycles. The second-order valence-electron chi connectivity index (χ2n) is 6.74. The molecule has 0 bridgehead atoms. The number of quaternary nitrogens is 1. The number of benzene rings is 1. The fraction of sp³-hybridized carbons (Fsp3) is 0.529. The predicted octanol–water partition coefficient (Wildman–Crippen LogP) is 1.28. The van der Waals surface area contributed by atoms with Gasteiger partial charge in [0.15, 0.2) is 6.67 Å². The van der Waals surface area contributed by atoms with Crippen LogP contribution in [0.5, 0.6) is 0 Å². The van der Waals surface area contributed by atoms with Crippen LogP contribution in [-0.2, 0) is 6.67 Å². The predicted molar refractivity (Wildman–Crippen MR) is 90.3 cm³/mol. The molecule has 4 rings (SSSR count). The fourth-order valence-corrected chi connectivity index (χ4v) is 3.74. The van der Waals surface area contributed by atoms with E-state index in [1.165, 1.54) is 17.7 Å². The molecule has 5 nitrogen and oxygen atoms in total. The van der Waals surface area contributed by atoms with Crippen LogP contribution < -0.4 is 4.90 Å². The largest absolute Gasteiger partial charge is 0.387 e. The maximum Gasteiger partial charge on any atom is 0.207 e. The van der Waals surface area contributed by atoms with E-state index in [1.807, 2.05) is 22.9 Å². The Labute approximate surface area is 141 Å². The second-order valence-corrected chi connectivity index (χ2v) is 7.11. The van der Waals surface area contributed by atoms with Gasteiger partial charge >= 0.3 is 0 Å². The highest BCUT2D eigenvalue weighted by Gasteiger charge is 2.31. The summed E-state index contributed by atoms with van der Waals surface area (Å²) in [5, 5.41) is 14.7. The van der Waals surface area contributed by atoms with Crippen molar-refractivity contribution in [2.24, 2.45) is 0 Å². The van der Waals surface area contributed by atoms with Crippen molar-refractivity contribution in [3.05, 3.63) is 40.9 Å². The Bertz CT molecular complexity index is 735. The number of aliphatic hydroxyl groups excluding tert-OH is 1. The third-order valence-electron chi connectivity index (χ3n) is 4.79. The van der Waals surface area contributed by atoms with Gasteiger partial charge in [-0.3, -0.25) is 4.57 Å². The first kappa shape index (κ1) is 15.1. The number of hydrogen-bond donors (Lipinski definition) is 2. The number of nitrogens with zero attached hydrogens (tertiary/aromatic N) is 3. The number of nitrogens with one attached hydrogen (secondary N) is 1. The molecule has 1 unspecified atom stereocenters. The standard InChI is InChI=1S/C17H22N4OS/c22-15-7-4-10-19(11-15)12-20-17(23)21(14-5-2-1-3-6-14)16(18-20)13-8-9-13/h1-3,5-6,13,15,22H,4,7-12H2/p+1/t15-/m1/s1. The number of hydrogen-bond acceptors (Lipinski definition) is 3. The van der Waals surface area contributed by atoms with Crippen molar-refractivity contribution in [3.8, 4) is 5.69 Å². The summed E-state index contributed by atoms with van der Waals surface area (Å²) < 4.78 is 4.86. The normalized spacial score (nSPS) is 24.7. The summed E-state index contributed by atoms with van der Waals surface area (Å²) in [4.78, 5) is 1.36. The SMILES string of the molecule is O[C@@H]1CCC[NH+](Cn2nc(C3CC3)n(-c3ccccc3)c2=S)C1. The summed E-state index contributed by atoms with van der Waals surface area (Å²) in [6.45, 7) is 2.62. The minimum absolute atomic E-state index is 0.188. The van der Waals surface area contributed by atoms with E-state index in [4.69, 9.17) is 17.3 Å². The third kappa shape index (κ3) is 3.11. The molecule has 0 spiro atoms. The number of aliphatic hydroxyl groups is 1. The van der Waals surface area contributed by atoms with Crippen LogP contribution in [0.3, 0.4) is 0 Å². The number of para-hydroxylation sites is 1. The van der Waals surface area contributed by atoms with Crippen molar-refractivity contribution in [1.29, 1.82) is 0 Å². The Kier molecular flexibility index (Phi) is 4.05. The van der Waals surface area contributed by atoms with E-state index >= 15 is 0 Å². The summed E-state index contributed by atoms with van der Waals surface area (Å²) in [5.41, 5.74) is 1.10. The molecule has 0 radical (unpaired) electrons. The lowest BCUT2D eigenvalue weighted by Crippen LogP contribution is -3.13. The van der Waals surface area contributed by atoms with Gasteiger partial charge in [0.2, 0.25) is 4.77 Å². The molecule has 2 N–H and O–H groups in total. The van der Waals surface area contributed by atoms with Crippen LogP contribution in [0.25, 0.3) is 5.69 Å². The van der Waals surface area contributed by atoms with Gasteiger partial charge in [-0.25, -0.2) is 0 Å². The van der Waals surface area contributed by atoms with Gasteiger partial charge in [-0.05, 0) is 50.0 Å². The molecule has 6 heteroatoms. The Morgan fingerprint density at radius 2 is 2.00 bits per heavy atom. The number of piperidine rings is 1. The minimum Gasteiger partial charge on any atom is -0.387 e. The highest BCUT2D eigenvalue weighted by Crippen LogP contribution is 2.40. The molecule has 122 valence electrons. The molecular formula is C17H23N4OS+. The van der Waals surface area contributed by atoms with Crippen LogP contribution in [-0.4, -0.2) is 38.6 Å². The first-order chi connectivity index (χ1) is 11.2. The molecule has 1 aliphatic heterocycles. The van der Waals surface area contributed by atoms with Crippen molar-refractivity contribution < 1.29 is 10.0 Å². The van der Waals surface area contributed by atoms with Gasteiger partial charge in [0, 0.05) is 11.6 Å². The van der Waals surface area contributed by atoms with Gasteiger partial charge in [-0.15, -0.1) is 0 Å². The number of rotatable bonds is 4. The molecule has 2 fully saturated rings. The quantitative estimate of drug-likeness (QED) is 0.830. The summed E-state index contributed by atoms with van der Waals surface area (Å²) in [5.74, 6) is 1.64. The highest BCUT2D eigenvalue weighted by molar-refractivity contribution is 7.71. The van der Waals surface area contributed by atoms with E-state index < -0.39 is 0 Å². The fourth-order valence-electron chi connectivity index (χ4n) is 3.43. The van der Waals surface area contributed by atoms with Crippen LogP contribution in [0.4, 0.5) is 0 Å². The zero-order chi connectivity index (χ0) is 15.8. The third-order valence-corrected chi connectivity index (χ3v) is 5.18. The van der Waals surface area contributed by atoms with Gasteiger partial charge < -0.3 is 10.0 Å². The van der Waals surface area contributed by atoms with E-state index in [1.54, 1.807) is 0 Å². The van der Waals surface area contributed by atoms with Crippen molar-refractivity contribution >= 4 is 12.2 Å². The Morgan fingerprint density at radius 3 is 2.70 bits per heavy atom. The lowest BCUT2D eigenvalue weighted by Gasteiger charge is -2.26. The first-order valence-corrected chi connectivity index (χ1v) is 8.90. The summed E-state index contributed by atoms with van der Waals surface area (Å²) in [6.07, 6.45) is 4.20. The average Bonchev–Trinajstić information content (AvgIpc) is 3.34. The van der Waals surface area contributed by atoms with Crippen LogP contribution in [0.1, 0.15) is 37.4 Å². The maximum absolute atomic E-state index is 9.88. The Hall–Kier alpha value is -1.50. The first-order valence-electron chi connectivity index (χ1n) is 8.49. The molecule has 1 saturated carbocycles. The lowest BCUT2D eigenvalue weighted by molar-refractivity contribution is -0.931. The molecular weight excluding hydrogens is 308 g/mol. The molecule has 1 aliphatic carbocycles. The number of likely N-dealkylation sites (tertiary alicyclic amines) is 1. The van der Waals surface area contributed by atoms with Crippen LogP contribution >= 0.6 is 12.2 Å². The van der Waals surface area contributed by atoms with Crippen molar-refractivity contribution in [2.75, 3.05) is 13.1 Å². The lowest BCUT2D eigenvalue weighted by atomic mass is 10.1. The molecule has 23 heavy (non-hydrogen) atoms. The molecule has 2 heterocycles. The second kappa shape index (κ2) is 6.19. The minimum atomic E-state index is -0.188. The Morgan fingerprint density at radius 1 is 1.22 bits per heavy atom. The average molecular weight is 331 g/mol. The van der Waals surface area contributed by atoms with Gasteiger partial charge in [-0.1, -0.05) is 18.2 Å². The molecule has 2 aromatic rings. The van der Waals surface area contributed by atoms with E-state index in [0.29, 0.717) is 5.92 Å². The highest BCUT2D eigenvalue weighted by atomic mass is 32.1. The van der Waals surface area contributed by atoms with E-state index in [0.717, 1.165) is 48.9 Å². The summed E-state index contributed by atoms with van der Waals surface area (Å²) in [6, 6.07) is 10.3. The van der Waals surface area contributed by atoms with Crippen molar-refractivity contribution in [3.63, 3.8) is 0 Å². The van der Waals surface area contributed by atoms with Gasteiger partial charge in [0.05, 0.1) is 6.54 Å². The summed E-state index contributed by atoms with van der Waals surface area (Å²) >= 11 is 5.73. The van der Waals surface area contributed by atoms with Crippen molar-refractivity contribution in [1.82, 2.24) is 14.3 Å². The monoisotopic (exact) mass is 331 g/mol. The summed E-state index contributed by atoms with van der Waals surface area (Å²) in [7, 11) is 0. The van der Waals surface area contributed by atoms with Gasteiger partial charge in [0.1, 0.15) is 18.5 Å². The smallest absolute Gasteiger partial charge is 0.207 e. The number of aromatic nitrogens is 3. The van der Waals surface area contributed by atoms with Crippen LogP contribution in [0, 0.1) is 4.77 Å². The molecule has 0 amide bonds. The Balaban J connectivity index is 1.67. The van der Waals surface area contributed by atoms with Crippen LogP contribution in [0.15, 0.2) is 30.3 Å².